The van der Waals surface area contributed by atoms with Crippen molar-refractivity contribution in [2.24, 2.45) is 0 Å². The van der Waals surface area contributed by atoms with Crippen LogP contribution in [0.1, 0.15) is 23.0 Å². The van der Waals surface area contributed by atoms with Crippen molar-refractivity contribution >= 4 is 38.2 Å². The number of thiazole rings is 1. The van der Waals surface area contributed by atoms with Gasteiger partial charge in [0, 0.05) is 16.5 Å². The third kappa shape index (κ3) is 5.41. The number of benzene rings is 2. The van der Waals surface area contributed by atoms with E-state index in [0.29, 0.717) is 10.8 Å². The Kier molecular flexibility index (Phi) is 6.90. The van der Waals surface area contributed by atoms with Crippen molar-refractivity contribution in [2.75, 3.05) is 5.32 Å². The summed E-state index contributed by atoms with van der Waals surface area (Å²) >= 11 is 1.24. The lowest BCUT2D eigenvalue weighted by Crippen LogP contribution is -2.30. The average molecular weight is 497 g/mol. The van der Waals surface area contributed by atoms with Crippen LogP contribution in [0.25, 0.3) is 11.3 Å². The molecule has 174 valence electrons. The molecule has 0 aliphatic heterocycles. The molecule has 1 N–H and O–H groups in total. The first kappa shape index (κ1) is 23.4. The number of furan rings is 1. The SMILES string of the molecule is CC(OC(=O)c1occc1CS(=O)(=O)c1ccccc1)C(=O)Nc1nc(-c2ccccc2)cs1. The predicted molar refractivity (Wildman–Crippen MR) is 127 cm³/mol. The summed E-state index contributed by atoms with van der Waals surface area (Å²) in [6.07, 6.45) is 0.0398. The van der Waals surface area contributed by atoms with Gasteiger partial charge in [0.15, 0.2) is 21.1 Å². The third-order valence-electron chi connectivity index (χ3n) is 4.84. The molecule has 0 spiro atoms. The van der Waals surface area contributed by atoms with E-state index in [2.05, 4.69) is 10.3 Å². The highest BCUT2D eigenvalue weighted by molar-refractivity contribution is 7.90. The Morgan fingerprint density at radius 3 is 2.44 bits per heavy atom. The number of hydrogen-bond donors (Lipinski definition) is 1. The molecule has 0 radical (unpaired) electrons. The minimum Gasteiger partial charge on any atom is -0.457 e. The first-order valence-corrected chi connectivity index (χ1v) is 12.7. The summed E-state index contributed by atoms with van der Waals surface area (Å²) in [6.45, 7) is 1.41. The molecule has 34 heavy (non-hydrogen) atoms. The number of sulfone groups is 1. The molecular formula is C24H20N2O6S2. The van der Waals surface area contributed by atoms with Gasteiger partial charge < -0.3 is 9.15 Å². The van der Waals surface area contributed by atoms with E-state index in [1.54, 1.807) is 18.2 Å². The molecule has 0 aliphatic carbocycles. The number of carbonyl (C=O) groups excluding carboxylic acids is 2. The minimum atomic E-state index is -3.70. The largest absolute Gasteiger partial charge is 0.457 e. The van der Waals surface area contributed by atoms with Gasteiger partial charge in [0.25, 0.3) is 5.91 Å². The zero-order valence-electron chi connectivity index (χ0n) is 18.0. The van der Waals surface area contributed by atoms with Crippen LogP contribution in [-0.2, 0) is 25.1 Å². The number of carbonyl (C=O) groups is 2. The van der Waals surface area contributed by atoms with Crippen LogP contribution in [0.4, 0.5) is 5.13 Å². The predicted octanol–water partition coefficient (Wildman–Crippen LogP) is 4.56. The fraction of sp³-hybridized carbons (Fsp3) is 0.125. The number of amides is 1. The Balaban J connectivity index is 1.39. The fourth-order valence-electron chi connectivity index (χ4n) is 3.09. The van der Waals surface area contributed by atoms with Crippen LogP contribution in [-0.4, -0.2) is 31.4 Å². The maximum atomic E-state index is 12.6. The molecule has 0 aliphatic rings. The second-order valence-electron chi connectivity index (χ2n) is 7.29. The van der Waals surface area contributed by atoms with Crippen LogP contribution in [0.3, 0.4) is 0 Å². The van der Waals surface area contributed by atoms with Gasteiger partial charge in [-0.25, -0.2) is 18.2 Å². The van der Waals surface area contributed by atoms with Gasteiger partial charge in [-0.3, -0.25) is 10.1 Å². The third-order valence-corrected chi connectivity index (χ3v) is 7.28. The topological polar surface area (TPSA) is 116 Å². The molecule has 0 saturated carbocycles. The molecule has 0 saturated heterocycles. The van der Waals surface area contributed by atoms with Gasteiger partial charge in [-0.05, 0) is 25.1 Å². The Morgan fingerprint density at radius 2 is 1.74 bits per heavy atom. The van der Waals surface area contributed by atoms with Crippen LogP contribution in [0.5, 0.6) is 0 Å². The Bertz CT molecular complexity index is 1400. The van der Waals surface area contributed by atoms with Crippen molar-refractivity contribution in [1.29, 1.82) is 0 Å². The van der Waals surface area contributed by atoms with Crippen LogP contribution in [0, 0.1) is 0 Å². The molecule has 1 atom stereocenters. The normalized spacial score (nSPS) is 12.1. The van der Waals surface area contributed by atoms with Gasteiger partial charge in [0.1, 0.15) is 0 Å². The second kappa shape index (κ2) is 10.0. The standard InChI is InChI=1S/C24H20N2O6S2/c1-16(22(27)26-24-25-20(14-33-24)17-8-4-2-5-9-17)32-23(28)21-18(12-13-31-21)15-34(29,30)19-10-6-3-7-11-19/h2-14,16H,15H2,1H3,(H,25,26,27). The molecule has 4 aromatic rings. The highest BCUT2D eigenvalue weighted by Gasteiger charge is 2.26. The van der Waals surface area contributed by atoms with Crippen molar-refractivity contribution in [3.05, 3.63) is 89.7 Å². The summed E-state index contributed by atoms with van der Waals surface area (Å²) in [5.74, 6) is -2.22. The van der Waals surface area contributed by atoms with Crippen molar-refractivity contribution in [1.82, 2.24) is 4.98 Å². The molecule has 2 aromatic heterocycles. The summed E-state index contributed by atoms with van der Waals surface area (Å²) in [7, 11) is -3.70. The van der Waals surface area contributed by atoms with Crippen molar-refractivity contribution in [3.8, 4) is 11.3 Å². The number of rotatable bonds is 8. The quantitative estimate of drug-likeness (QED) is 0.356. The number of aromatic nitrogens is 1. The van der Waals surface area contributed by atoms with Crippen molar-refractivity contribution in [3.63, 3.8) is 0 Å². The maximum Gasteiger partial charge on any atom is 0.375 e. The molecule has 1 unspecified atom stereocenters. The zero-order chi connectivity index (χ0) is 24.1. The molecule has 1 amide bonds. The summed E-state index contributed by atoms with van der Waals surface area (Å²) in [6, 6.07) is 18.8. The van der Waals surface area contributed by atoms with E-state index < -0.39 is 33.6 Å². The number of hydrogen-bond acceptors (Lipinski definition) is 8. The summed E-state index contributed by atoms with van der Waals surface area (Å²) in [5, 5.41) is 4.79. The molecule has 8 nitrogen and oxygen atoms in total. The van der Waals surface area contributed by atoms with Crippen LogP contribution >= 0.6 is 11.3 Å². The molecule has 4 rings (SSSR count). The summed E-state index contributed by atoms with van der Waals surface area (Å²) in [5.41, 5.74) is 1.77. The minimum absolute atomic E-state index is 0.126. The lowest BCUT2D eigenvalue weighted by molar-refractivity contribution is -0.123. The summed E-state index contributed by atoms with van der Waals surface area (Å²) in [4.78, 5) is 29.6. The van der Waals surface area contributed by atoms with E-state index in [-0.39, 0.29) is 16.2 Å². The summed E-state index contributed by atoms with van der Waals surface area (Å²) < 4.78 is 35.7. The first-order valence-electron chi connectivity index (χ1n) is 10.2. The monoisotopic (exact) mass is 496 g/mol. The smallest absolute Gasteiger partial charge is 0.375 e. The Labute approximate surface area is 200 Å². The zero-order valence-corrected chi connectivity index (χ0v) is 19.6. The first-order chi connectivity index (χ1) is 16.3. The number of nitrogens with zero attached hydrogens (tertiary/aromatic N) is 1. The molecule has 0 bridgehead atoms. The fourth-order valence-corrected chi connectivity index (χ4v) is 5.19. The highest BCUT2D eigenvalue weighted by atomic mass is 32.2. The molecule has 10 heteroatoms. The number of nitrogens with one attached hydrogen (secondary N) is 1. The van der Waals surface area contributed by atoms with Crippen molar-refractivity contribution in [2.45, 2.75) is 23.7 Å². The van der Waals surface area contributed by atoms with Crippen LogP contribution < -0.4 is 5.32 Å². The van der Waals surface area contributed by atoms with Gasteiger partial charge in [0.2, 0.25) is 5.76 Å². The highest BCUT2D eigenvalue weighted by Crippen LogP contribution is 2.25. The molecular weight excluding hydrogens is 476 g/mol. The average Bonchev–Trinajstić information content (AvgIpc) is 3.49. The Hall–Kier alpha value is -3.76. The van der Waals surface area contributed by atoms with Gasteiger partial charge in [-0.1, -0.05) is 48.5 Å². The van der Waals surface area contributed by atoms with Gasteiger partial charge in [-0.15, -0.1) is 11.3 Å². The van der Waals surface area contributed by atoms with Crippen LogP contribution in [0.15, 0.2) is 87.7 Å². The molecule has 0 fully saturated rings. The lowest BCUT2D eigenvalue weighted by atomic mass is 10.2. The van der Waals surface area contributed by atoms with E-state index in [1.165, 1.54) is 42.7 Å². The maximum absolute atomic E-state index is 12.6. The van der Waals surface area contributed by atoms with E-state index >= 15 is 0 Å². The van der Waals surface area contributed by atoms with Gasteiger partial charge in [0.05, 0.1) is 22.6 Å². The van der Waals surface area contributed by atoms with Crippen LogP contribution in [0.2, 0.25) is 0 Å². The van der Waals surface area contributed by atoms with E-state index in [0.717, 1.165) is 5.56 Å². The lowest BCUT2D eigenvalue weighted by Gasteiger charge is -2.12. The number of anilines is 1. The molecule has 2 aromatic carbocycles. The van der Waals surface area contributed by atoms with Gasteiger partial charge in [-0.2, -0.15) is 0 Å². The van der Waals surface area contributed by atoms with E-state index in [4.69, 9.17) is 9.15 Å². The molecule has 2 heterocycles. The Morgan fingerprint density at radius 1 is 1.06 bits per heavy atom. The number of esters is 1. The van der Waals surface area contributed by atoms with Gasteiger partial charge >= 0.3 is 5.97 Å². The van der Waals surface area contributed by atoms with Crippen molar-refractivity contribution < 1.29 is 27.2 Å². The van der Waals surface area contributed by atoms with E-state index in [9.17, 15) is 18.0 Å². The van der Waals surface area contributed by atoms with E-state index in [1.807, 2.05) is 35.7 Å². The second-order valence-corrected chi connectivity index (χ2v) is 10.1. The number of ether oxygens (including phenoxy) is 1.